The number of imide groups is 1. The monoisotopic (exact) mass is 397 g/mol. The zero-order valence-electron chi connectivity index (χ0n) is 15.4. The van der Waals surface area contributed by atoms with Crippen molar-refractivity contribution in [3.8, 4) is 5.75 Å². The Labute approximate surface area is 168 Å². The number of carbonyl (C=O) groups excluding carboxylic acids is 3. The van der Waals surface area contributed by atoms with Gasteiger partial charge in [-0.05, 0) is 61.6 Å². The lowest BCUT2D eigenvalue weighted by Crippen LogP contribution is -2.31. The van der Waals surface area contributed by atoms with E-state index >= 15 is 0 Å². The molecule has 0 aromatic heterocycles. The molecule has 0 bridgehead atoms. The highest BCUT2D eigenvalue weighted by atomic mass is 35.5. The van der Waals surface area contributed by atoms with Crippen LogP contribution in [0.4, 0.5) is 5.69 Å². The van der Waals surface area contributed by atoms with E-state index in [1.54, 1.807) is 48.5 Å². The first-order valence-corrected chi connectivity index (χ1v) is 9.78. The first-order valence-electron chi connectivity index (χ1n) is 9.40. The minimum Gasteiger partial charge on any atom is -0.421 e. The summed E-state index contributed by atoms with van der Waals surface area (Å²) in [7, 11) is 0. The van der Waals surface area contributed by atoms with E-state index in [2.05, 4.69) is 6.92 Å². The molecule has 2 aromatic rings. The minimum atomic E-state index is -0.575. The smallest absolute Gasteiger partial charge is 0.343 e. The molecule has 6 heteroatoms. The summed E-state index contributed by atoms with van der Waals surface area (Å²) in [4.78, 5) is 39.6. The molecule has 144 valence electrons. The molecular weight excluding hydrogens is 378 g/mol. The van der Waals surface area contributed by atoms with Gasteiger partial charge in [-0.1, -0.05) is 30.7 Å². The lowest BCUT2D eigenvalue weighted by atomic mass is 9.76. The largest absolute Gasteiger partial charge is 0.421 e. The van der Waals surface area contributed by atoms with E-state index in [1.807, 2.05) is 0 Å². The van der Waals surface area contributed by atoms with Crippen molar-refractivity contribution in [2.75, 3.05) is 4.90 Å². The van der Waals surface area contributed by atoms with Crippen molar-refractivity contribution >= 4 is 35.1 Å². The van der Waals surface area contributed by atoms with Gasteiger partial charge in [-0.2, -0.15) is 0 Å². The van der Waals surface area contributed by atoms with E-state index in [-0.39, 0.29) is 29.4 Å². The van der Waals surface area contributed by atoms with Crippen LogP contribution in [0, 0.1) is 17.8 Å². The van der Waals surface area contributed by atoms with Gasteiger partial charge in [-0.25, -0.2) is 9.69 Å². The normalized spacial score (nSPS) is 24.2. The third-order valence-electron chi connectivity index (χ3n) is 5.58. The predicted molar refractivity (Wildman–Crippen MR) is 105 cm³/mol. The molecule has 1 aliphatic heterocycles. The third kappa shape index (κ3) is 3.31. The fourth-order valence-electron chi connectivity index (χ4n) is 4.10. The van der Waals surface area contributed by atoms with Crippen molar-refractivity contribution in [2.24, 2.45) is 17.8 Å². The van der Waals surface area contributed by atoms with Gasteiger partial charge >= 0.3 is 5.97 Å². The van der Waals surface area contributed by atoms with Crippen molar-refractivity contribution in [1.29, 1.82) is 0 Å². The number of para-hydroxylation sites is 2. The lowest BCUT2D eigenvalue weighted by Gasteiger charge is -2.25. The van der Waals surface area contributed by atoms with Crippen LogP contribution in [0.1, 0.15) is 36.5 Å². The molecule has 1 aliphatic carbocycles. The summed E-state index contributed by atoms with van der Waals surface area (Å²) < 4.78 is 5.53. The molecule has 2 aliphatic rings. The molecule has 5 nitrogen and oxygen atoms in total. The van der Waals surface area contributed by atoms with Crippen LogP contribution >= 0.6 is 11.6 Å². The van der Waals surface area contributed by atoms with Crippen molar-refractivity contribution in [3.05, 3.63) is 59.1 Å². The van der Waals surface area contributed by atoms with E-state index in [1.165, 1.54) is 4.90 Å². The van der Waals surface area contributed by atoms with Crippen molar-refractivity contribution < 1.29 is 19.1 Å². The SMILES string of the molecule is C[C@@H]1CC[C@@H]2C(=O)N(c3ccccc3OC(=O)c3ccc(Cl)cc3)C(=O)[C@H]2C1. The summed E-state index contributed by atoms with van der Waals surface area (Å²) in [6.07, 6.45) is 2.39. The van der Waals surface area contributed by atoms with Crippen LogP contribution in [0.15, 0.2) is 48.5 Å². The summed E-state index contributed by atoms with van der Waals surface area (Å²) >= 11 is 5.86. The molecule has 2 amide bonds. The first-order chi connectivity index (χ1) is 13.5. The molecule has 0 radical (unpaired) electrons. The average molecular weight is 398 g/mol. The topological polar surface area (TPSA) is 63.7 Å². The van der Waals surface area contributed by atoms with Gasteiger partial charge in [0.2, 0.25) is 11.8 Å². The summed E-state index contributed by atoms with van der Waals surface area (Å²) in [5, 5.41) is 0.516. The number of esters is 1. The second-order valence-corrected chi connectivity index (χ2v) is 7.94. The number of hydrogen-bond donors (Lipinski definition) is 0. The van der Waals surface area contributed by atoms with Crippen LogP contribution < -0.4 is 9.64 Å². The highest BCUT2D eigenvalue weighted by Gasteiger charge is 2.50. The minimum absolute atomic E-state index is 0.191. The van der Waals surface area contributed by atoms with E-state index < -0.39 is 5.97 Å². The number of rotatable bonds is 3. The van der Waals surface area contributed by atoms with Crippen molar-refractivity contribution in [3.63, 3.8) is 0 Å². The van der Waals surface area contributed by atoms with E-state index in [9.17, 15) is 14.4 Å². The van der Waals surface area contributed by atoms with E-state index in [0.29, 0.717) is 22.2 Å². The number of halogens is 1. The van der Waals surface area contributed by atoms with E-state index in [4.69, 9.17) is 16.3 Å². The number of ether oxygens (including phenoxy) is 1. The fraction of sp³-hybridized carbons (Fsp3) is 0.318. The van der Waals surface area contributed by atoms with Gasteiger partial charge in [-0.3, -0.25) is 9.59 Å². The summed E-state index contributed by atoms with van der Waals surface area (Å²) in [6.45, 7) is 2.11. The molecule has 3 atom stereocenters. The maximum atomic E-state index is 13.0. The summed E-state index contributed by atoms with van der Waals surface area (Å²) in [5.74, 6) is -0.908. The Morgan fingerprint density at radius 3 is 2.43 bits per heavy atom. The molecule has 2 aromatic carbocycles. The molecule has 2 fully saturated rings. The Kier molecular flexibility index (Phi) is 4.94. The van der Waals surface area contributed by atoms with Gasteiger partial charge in [0.05, 0.1) is 23.1 Å². The predicted octanol–water partition coefficient (Wildman–Crippen LogP) is 4.48. The Morgan fingerprint density at radius 2 is 1.68 bits per heavy atom. The number of hydrogen-bond acceptors (Lipinski definition) is 4. The maximum Gasteiger partial charge on any atom is 0.343 e. The highest BCUT2D eigenvalue weighted by Crippen LogP contribution is 2.44. The first kappa shape index (κ1) is 18.7. The molecule has 1 saturated carbocycles. The molecule has 28 heavy (non-hydrogen) atoms. The van der Waals surface area contributed by atoms with Gasteiger partial charge in [0.15, 0.2) is 5.75 Å². The van der Waals surface area contributed by atoms with Crippen LogP contribution in [0.5, 0.6) is 5.75 Å². The number of amides is 2. The highest BCUT2D eigenvalue weighted by molar-refractivity contribution is 6.30. The second-order valence-electron chi connectivity index (χ2n) is 7.51. The fourth-order valence-corrected chi connectivity index (χ4v) is 4.23. The molecule has 0 unspecified atom stereocenters. The standard InChI is InChI=1S/C22H20ClNO4/c1-13-6-11-16-17(12-13)21(26)24(20(16)25)18-4-2-3-5-19(18)28-22(27)14-7-9-15(23)10-8-14/h2-5,7-10,13,16-17H,6,11-12H2,1H3/t13-,16+,17+/m1/s1. The second kappa shape index (κ2) is 7.40. The summed E-state index contributed by atoms with van der Waals surface area (Å²) in [5.41, 5.74) is 0.655. The number of anilines is 1. The lowest BCUT2D eigenvalue weighted by molar-refractivity contribution is -0.122. The van der Waals surface area contributed by atoms with Crippen LogP contribution in [0.2, 0.25) is 5.02 Å². The molecule has 1 heterocycles. The van der Waals surface area contributed by atoms with Gasteiger partial charge in [-0.15, -0.1) is 0 Å². The molecule has 0 spiro atoms. The van der Waals surface area contributed by atoms with Gasteiger partial charge in [0, 0.05) is 5.02 Å². The van der Waals surface area contributed by atoms with Gasteiger partial charge in [0.1, 0.15) is 0 Å². The number of nitrogens with zero attached hydrogens (tertiary/aromatic N) is 1. The van der Waals surface area contributed by atoms with Crippen LogP contribution in [0.25, 0.3) is 0 Å². The van der Waals surface area contributed by atoms with Crippen LogP contribution in [-0.4, -0.2) is 17.8 Å². The Hall–Kier alpha value is -2.66. The molecule has 0 N–H and O–H groups in total. The maximum absolute atomic E-state index is 13.0. The van der Waals surface area contributed by atoms with Crippen LogP contribution in [0.3, 0.4) is 0 Å². The van der Waals surface area contributed by atoms with Gasteiger partial charge < -0.3 is 4.74 Å². The quantitative estimate of drug-likeness (QED) is 0.435. The van der Waals surface area contributed by atoms with Gasteiger partial charge in [0.25, 0.3) is 0 Å². The number of benzene rings is 2. The zero-order valence-corrected chi connectivity index (χ0v) is 16.2. The number of carbonyl (C=O) groups is 3. The van der Waals surface area contributed by atoms with E-state index in [0.717, 1.165) is 19.3 Å². The third-order valence-corrected chi connectivity index (χ3v) is 5.83. The number of fused-ring (bicyclic) bond motifs is 1. The Morgan fingerprint density at radius 1 is 1.00 bits per heavy atom. The zero-order chi connectivity index (χ0) is 19.8. The summed E-state index contributed by atoms with van der Waals surface area (Å²) in [6, 6.07) is 13.0. The molecular formula is C22H20ClNO4. The van der Waals surface area contributed by atoms with Crippen LogP contribution in [-0.2, 0) is 9.59 Å². The molecule has 1 saturated heterocycles. The average Bonchev–Trinajstić information content (AvgIpc) is 2.93. The molecule has 4 rings (SSSR count). The Balaban J connectivity index is 1.63. The van der Waals surface area contributed by atoms with Crippen molar-refractivity contribution in [1.82, 2.24) is 0 Å². The Bertz CT molecular complexity index is 940. The van der Waals surface area contributed by atoms with Crippen molar-refractivity contribution in [2.45, 2.75) is 26.2 Å².